The van der Waals surface area contributed by atoms with Gasteiger partial charge in [-0.05, 0) is 50.8 Å². The number of halogens is 4. The van der Waals surface area contributed by atoms with Gasteiger partial charge in [0.05, 0.1) is 5.56 Å². The lowest BCUT2D eigenvalue weighted by Gasteiger charge is -2.27. The summed E-state index contributed by atoms with van der Waals surface area (Å²) in [6.45, 7) is 4.16. The van der Waals surface area contributed by atoms with Gasteiger partial charge in [-0.3, -0.25) is 4.79 Å². The summed E-state index contributed by atoms with van der Waals surface area (Å²) in [4.78, 5) is 13.9. The van der Waals surface area contributed by atoms with Gasteiger partial charge in [0.2, 0.25) is 0 Å². The first-order chi connectivity index (χ1) is 9.70. The third-order valence-corrected chi connectivity index (χ3v) is 3.55. The zero-order valence-corrected chi connectivity index (χ0v) is 11.9. The second-order valence-electron chi connectivity index (χ2n) is 5.69. The molecular formula is C15H17F4NO. The Morgan fingerprint density at radius 2 is 1.95 bits per heavy atom. The summed E-state index contributed by atoms with van der Waals surface area (Å²) < 4.78 is 51.4. The first-order valence-corrected chi connectivity index (χ1v) is 6.88. The molecule has 21 heavy (non-hydrogen) atoms. The van der Waals surface area contributed by atoms with Gasteiger partial charge in [-0.1, -0.05) is 0 Å². The van der Waals surface area contributed by atoms with Gasteiger partial charge in [0.15, 0.2) is 0 Å². The third kappa shape index (κ3) is 3.74. The second-order valence-corrected chi connectivity index (χ2v) is 5.69. The predicted molar refractivity (Wildman–Crippen MR) is 70.3 cm³/mol. The molecule has 116 valence electrons. The van der Waals surface area contributed by atoms with E-state index < -0.39 is 23.5 Å². The summed E-state index contributed by atoms with van der Waals surface area (Å²) in [7, 11) is 0. The van der Waals surface area contributed by atoms with Crippen LogP contribution in [0.4, 0.5) is 17.6 Å². The summed E-state index contributed by atoms with van der Waals surface area (Å²) in [5.74, 6) is -1.42. The van der Waals surface area contributed by atoms with Crippen molar-refractivity contribution in [3.8, 4) is 0 Å². The van der Waals surface area contributed by atoms with Crippen molar-refractivity contribution in [3.05, 3.63) is 35.1 Å². The Morgan fingerprint density at radius 1 is 1.33 bits per heavy atom. The molecular weight excluding hydrogens is 286 g/mol. The molecule has 0 aromatic heterocycles. The standard InChI is InChI=1S/C15H17F4NO/c1-9(2)20(8-10-3-4-10)14(21)11-5-6-13(16)12(7-11)15(17,18)19/h5-7,9-10H,3-4,8H2,1-2H3. The Morgan fingerprint density at radius 3 is 2.43 bits per heavy atom. The van der Waals surface area contributed by atoms with E-state index in [2.05, 4.69) is 0 Å². The SMILES string of the molecule is CC(C)N(CC1CC1)C(=O)c1ccc(F)c(C(F)(F)F)c1. The molecule has 0 N–H and O–H groups in total. The van der Waals surface area contributed by atoms with Crippen molar-refractivity contribution in [3.63, 3.8) is 0 Å². The van der Waals surface area contributed by atoms with Crippen LogP contribution in [0.1, 0.15) is 42.6 Å². The van der Waals surface area contributed by atoms with Crippen LogP contribution >= 0.6 is 0 Å². The van der Waals surface area contributed by atoms with Gasteiger partial charge < -0.3 is 4.90 Å². The van der Waals surface area contributed by atoms with Gasteiger partial charge in [0.25, 0.3) is 5.91 Å². The van der Waals surface area contributed by atoms with Gasteiger partial charge >= 0.3 is 6.18 Å². The quantitative estimate of drug-likeness (QED) is 0.767. The molecule has 0 heterocycles. The molecule has 0 bridgehead atoms. The summed E-state index contributed by atoms with van der Waals surface area (Å²) in [6, 6.07) is 2.29. The first-order valence-electron chi connectivity index (χ1n) is 6.88. The smallest absolute Gasteiger partial charge is 0.336 e. The fourth-order valence-electron chi connectivity index (χ4n) is 2.15. The van der Waals surface area contributed by atoms with Crippen LogP contribution in [0.2, 0.25) is 0 Å². The van der Waals surface area contributed by atoms with Gasteiger partial charge in [-0.25, -0.2) is 4.39 Å². The summed E-state index contributed by atoms with van der Waals surface area (Å²) in [5.41, 5.74) is -1.53. The molecule has 1 saturated carbocycles. The Balaban J connectivity index is 2.29. The largest absolute Gasteiger partial charge is 0.419 e. The molecule has 1 aliphatic rings. The Kier molecular flexibility index (Phi) is 4.25. The average Bonchev–Trinajstić information content (AvgIpc) is 3.18. The van der Waals surface area contributed by atoms with Gasteiger partial charge in [0, 0.05) is 18.2 Å². The van der Waals surface area contributed by atoms with Crippen molar-refractivity contribution in [1.29, 1.82) is 0 Å². The van der Waals surface area contributed by atoms with Crippen LogP contribution in [-0.4, -0.2) is 23.4 Å². The lowest BCUT2D eigenvalue weighted by Crippen LogP contribution is -2.38. The highest BCUT2D eigenvalue weighted by Gasteiger charge is 2.35. The molecule has 0 aliphatic heterocycles. The maximum absolute atomic E-state index is 13.3. The van der Waals surface area contributed by atoms with Crippen molar-refractivity contribution in [2.45, 2.75) is 38.9 Å². The van der Waals surface area contributed by atoms with Gasteiger partial charge in [0.1, 0.15) is 5.82 Å². The average molecular weight is 303 g/mol. The number of hydrogen-bond donors (Lipinski definition) is 0. The van der Waals surface area contributed by atoms with Crippen molar-refractivity contribution in [2.24, 2.45) is 5.92 Å². The third-order valence-electron chi connectivity index (χ3n) is 3.55. The van der Waals surface area contributed by atoms with E-state index in [1.807, 2.05) is 13.8 Å². The zero-order valence-electron chi connectivity index (χ0n) is 11.9. The fourth-order valence-corrected chi connectivity index (χ4v) is 2.15. The monoisotopic (exact) mass is 303 g/mol. The molecule has 1 fully saturated rings. The van der Waals surface area contributed by atoms with Crippen molar-refractivity contribution in [1.82, 2.24) is 4.90 Å². The maximum atomic E-state index is 13.3. The highest BCUT2D eigenvalue weighted by molar-refractivity contribution is 5.94. The summed E-state index contributed by atoms with van der Waals surface area (Å²) >= 11 is 0. The normalized spacial score (nSPS) is 15.4. The number of carbonyl (C=O) groups is 1. The highest BCUT2D eigenvalue weighted by Crippen LogP contribution is 2.33. The molecule has 1 amide bonds. The molecule has 6 heteroatoms. The molecule has 0 unspecified atom stereocenters. The molecule has 0 saturated heterocycles. The number of alkyl halides is 3. The van der Waals surface area contributed by atoms with E-state index in [0.29, 0.717) is 24.6 Å². The number of hydrogen-bond acceptors (Lipinski definition) is 1. The fraction of sp³-hybridized carbons (Fsp3) is 0.533. The van der Waals surface area contributed by atoms with E-state index in [0.717, 1.165) is 18.9 Å². The minimum absolute atomic E-state index is 0.113. The summed E-state index contributed by atoms with van der Waals surface area (Å²) in [6.07, 6.45) is -2.74. The van der Waals surface area contributed by atoms with Crippen LogP contribution in [0.25, 0.3) is 0 Å². The zero-order chi connectivity index (χ0) is 15.8. The number of rotatable bonds is 4. The molecule has 1 aromatic rings. The number of amides is 1. The van der Waals surface area contributed by atoms with Crippen LogP contribution in [0.3, 0.4) is 0 Å². The number of carbonyl (C=O) groups excluding carboxylic acids is 1. The van der Waals surface area contributed by atoms with Crippen LogP contribution in [0.5, 0.6) is 0 Å². The first kappa shape index (κ1) is 15.8. The number of benzene rings is 1. The van der Waals surface area contributed by atoms with E-state index in [1.165, 1.54) is 0 Å². The molecule has 2 nitrogen and oxygen atoms in total. The topological polar surface area (TPSA) is 20.3 Å². The van der Waals surface area contributed by atoms with E-state index in [9.17, 15) is 22.4 Å². The molecule has 0 spiro atoms. The predicted octanol–water partition coefficient (Wildman–Crippen LogP) is 4.11. The van der Waals surface area contributed by atoms with Crippen LogP contribution in [0.15, 0.2) is 18.2 Å². The molecule has 0 radical (unpaired) electrons. The Labute approximate surface area is 120 Å². The van der Waals surface area contributed by atoms with Gasteiger partial charge in [-0.15, -0.1) is 0 Å². The Bertz CT molecular complexity index is 535. The summed E-state index contributed by atoms with van der Waals surface area (Å²) in [5, 5.41) is 0. The van der Waals surface area contributed by atoms with E-state index >= 15 is 0 Å². The lowest BCUT2D eigenvalue weighted by atomic mass is 10.1. The van der Waals surface area contributed by atoms with Crippen molar-refractivity contribution >= 4 is 5.91 Å². The molecule has 2 rings (SSSR count). The van der Waals surface area contributed by atoms with Crippen molar-refractivity contribution < 1.29 is 22.4 Å². The van der Waals surface area contributed by atoms with Crippen molar-refractivity contribution in [2.75, 3.05) is 6.54 Å². The van der Waals surface area contributed by atoms with Crippen LogP contribution in [0, 0.1) is 11.7 Å². The Hall–Kier alpha value is -1.59. The second kappa shape index (κ2) is 5.66. The lowest BCUT2D eigenvalue weighted by molar-refractivity contribution is -0.140. The highest BCUT2D eigenvalue weighted by atomic mass is 19.4. The van der Waals surface area contributed by atoms with Gasteiger partial charge in [-0.2, -0.15) is 13.2 Å². The van der Waals surface area contributed by atoms with E-state index in [1.54, 1.807) is 4.90 Å². The molecule has 1 aromatic carbocycles. The minimum atomic E-state index is -4.81. The van der Waals surface area contributed by atoms with E-state index in [-0.39, 0.29) is 11.6 Å². The minimum Gasteiger partial charge on any atom is -0.336 e. The number of nitrogens with zero attached hydrogens (tertiary/aromatic N) is 1. The van der Waals surface area contributed by atoms with Crippen LogP contribution in [-0.2, 0) is 6.18 Å². The van der Waals surface area contributed by atoms with Crippen LogP contribution < -0.4 is 0 Å². The molecule has 1 aliphatic carbocycles. The molecule has 0 atom stereocenters. The maximum Gasteiger partial charge on any atom is 0.419 e. The van der Waals surface area contributed by atoms with E-state index in [4.69, 9.17) is 0 Å².